The maximum absolute atomic E-state index is 12.0. The van der Waals surface area contributed by atoms with Crippen molar-refractivity contribution in [2.24, 2.45) is 35.5 Å². The molecule has 4 aliphatic rings. The third kappa shape index (κ3) is 1.94. The van der Waals surface area contributed by atoms with Gasteiger partial charge < -0.3 is 5.11 Å². The van der Waals surface area contributed by atoms with Crippen LogP contribution in [0, 0.1) is 47.9 Å². The summed E-state index contributed by atoms with van der Waals surface area (Å²) in [7, 11) is 0. The maximum atomic E-state index is 12.0. The van der Waals surface area contributed by atoms with Crippen molar-refractivity contribution >= 4 is 5.78 Å². The van der Waals surface area contributed by atoms with Crippen LogP contribution in [-0.2, 0) is 4.79 Å². The van der Waals surface area contributed by atoms with Crippen molar-refractivity contribution in [1.82, 2.24) is 0 Å². The Kier molecular flexibility index (Phi) is 3.08. The van der Waals surface area contributed by atoms with Gasteiger partial charge in [-0.2, -0.15) is 0 Å². The summed E-state index contributed by atoms with van der Waals surface area (Å²) in [6.07, 6.45) is 16.8. The van der Waals surface area contributed by atoms with Gasteiger partial charge in [0, 0.05) is 0 Å². The number of terminal acetylenes is 1. The summed E-state index contributed by atoms with van der Waals surface area (Å²) in [5.74, 6) is 5.44. The first-order valence-corrected chi connectivity index (χ1v) is 8.26. The molecule has 4 aliphatic carbocycles. The van der Waals surface area contributed by atoms with Gasteiger partial charge in [-0.25, -0.2) is 0 Å². The van der Waals surface area contributed by atoms with E-state index in [0.29, 0.717) is 29.6 Å². The number of carbonyl (C=O) groups excluding carboxylic acids is 1. The fraction of sp³-hybridized carbons (Fsp3) is 0.632. The molecule has 110 valence electrons. The first kappa shape index (κ1) is 13.3. The second-order valence-electron chi connectivity index (χ2n) is 7.24. The minimum atomic E-state index is -0.237. The minimum absolute atomic E-state index is 0.145. The molecule has 7 atom stereocenters. The highest BCUT2D eigenvalue weighted by Gasteiger charge is 2.49. The molecule has 21 heavy (non-hydrogen) atoms. The molecule has 1 unspecified atom stereocenters. The fourth-order valence-corrected chi connectivity index (χ4v) is 5.47. The third-order valence-electron chi connectivity index (χ3n) is 6.46. The van der Waals surface area contributed by atoms with E-state index in [-0.39, 0.29) is 17.8 Å². The third-order valence-corrected chi connectivity index (χ3v) is 6.46. The normalized spacial score (nSPS) is 47.9. The van der Waals surface area contributed by atoms with E-state index in [4.69, 9.17) is 6.42 Å². The number of carbonyl (C=O) groups is 1. The van der Waals surface area contributed by atoms with Gasteiger partial charge in [-0.1, -0.05) is 23.6 Å². The first-order chi connectivity index (χ1) is 10.2. The maximum Gasteiger partial charge on any atom is 0.170 e. The molecule has 0 saturated heterocycles. The molecular formula is C19H22O2. The summed E-state index contributed by atoms with van der Waals surface area (Å²) >= 11 is 0. The van der Waals surface area contributed by atoms with E-state index in [2.05, 4.69) is 12.0 Å². The summed E-state index contributed by atoms with van der Waals surface area (Å²) in [4.78, 5) is 12.0. The molecule has 0 aromatic heterocycles. The molecule has 0 amide bonds. The van der Waals surface area contributed by atoms with Gasteiger partial charge in [-0.15, -0.1) is 6.42 Å². The number of aliphatic hydroxyl groups excluding tert-OH is 1. The highest BCUT2D eigenvalue weighted by molar-refractivity contribution is 5.95. The molecule has 0 aromatic carbocycles. The van der Waals surface area contributed by atoms with Crippen LogP contribution in [0.5, 0.6) is 0 Å². The van der Waals surface area contributed by atoms with Crippen molar-refractivity contribution in [3.63, 3.8) is 0 Å². The summed E-state index contributed by atoms with van der Waals surface area (Å²) in [6.45, 7) is 0. The molecule has 1 N–H and O–H groups in total. The van der Waals surface area contributed by atoms with Gasteiger partial charge in [0.25, 0.3) is 0 Å². The van der Waals surface area contributed by atoms with Crippen LogP contribution >= 0.6 is 0 Å². The van der Waals surface area contributed by atoms with E-state index >= 15 is 0 Å². The Morgan fingerprint density at radius 1 is 1.14 bits per heavy atom. The van der Waals surface area contributed by atoms with Gasteiger partial charge in [0.1, 0.15) is 0 Å². The molecule has 0 bridgehead atoms. The molecule has 4 rings (SSSR count). The van der Waals surface area contributed by atoms with E-state index in [1.54, 1.807) is 0 Å². The van der Waals surface area contributed by atoms with Crippen LogP contribution in [0.15, 0.2) is 23.8 Å². The average Bonchev–Trinajstić information content (AvgIpc) is 2.88. The van der Waals surface area contributed by atoms with Crippen LogP contribution < -0.4 is 0 Å². The molecule has 0 aromatic rings. The van der Waals surface area contributed by atoms with E-state index in [0.717, 1.165) is 19.3 Å². The molecule has 2 fully saturated rings. The second-order valence-corrected chi connectivity index (χ2v) is 7.24. The molecule has 0 heterocycles. The standard InChI is InChI=1S/C19H22O2/c1-2-11-9-17-12(10-19(11)21)3-4-13-14-7-8-18(20)16(14)6-5-15(13)17/h1,7-8,10-11,13-18,20H,3-6,9H2/t11?,13-,14-,15-,16-,17-,18-/m0/s1. The lowest BCUT2D eigenvalue weighted by Gasteiger charge is -2.49. The van der Waals surface area contributed by atoms with Gasteiger partial charge in [0.2, 0.25) is 0 Å². The number of allylic oxidation sites excluding steroid dienone is 3. The zero-order valence-electron chi connectivity index (χ0n) is 12.2. The van der Waals surface area contributed by atoms with E-state index in [1.165, 1.54) is 18.4 Å². The highest BCUT2D eigenvalue weighted by atomic mass is 16.3. The van der Waals surface area contributed by atoms with Gasteiger partial charge in [0.15, 0.2) is 5.78 Å². The number of hydrogen-bond donors (Lipinski definition) is 1. The van der Waals surface area contributed by atoms with Crippen LogP contribution in [-0.4, -0.2) is 17.0 Å². The van der Waals surface area contributed by atoms with E-state index < -0.39 is 0 Å². The van der Waals surface area contributed by atoms with Crippen LogP contribution in [0.3, 0.4) is 0 Å². The largest absolute Gasteiger partial charge is 0.389 e. The lowest BCUT2D eigenvalue weighted by atomic mass is 9.55. The predicted octanol–water partition coefficient (Wildman–Crippen LogP) is 2.73. The zero-order valence-corrected chi connectivity index (χ0v) is 12.2. The quantitative estimate of drug-likeness (QED) is 0.548. The highest BCUT2D eigenvalue weighted by Crippen LogP contribution is 2.55. The van der Waals surface area contributed by atoms with Crippen LogP contribution in [0.25, 0.3) is 0 Å². The Balaban J connectivity index is 1.62. The molecule has 2 saturated carbocycles. The lowest BCUT2D eigenvalue weighted by Crippen LogP contribution is -2.43. The summed E-state index contributed by atoms with van der Waals surface area (Å²) in [5.41, 5.74) is 1.36. The van der Waals surface area contributed by atoms with Gasteiger partial charge in [-0.3, -0.25) is 4.79 Å². The molecule has 2 nitrogen and oxygen atoms in total. The Morgan fingerprint density at radius 2 is 1.95 bits per heavy atom. The molecule has 0 spiro atoms. The Morgan fingerprint density at radius 3 is 2.76 bits per heavy atom. The van der Waals surface area contributed by atoms with Crippen LogP contribution in [0.1, 0.15) is 32.1 Å². The second kappa shape index (κ2) is 4.85. The summed E-state index contributed by atoms with van der Waals surface area (Å²) < 4.78 is 0. The number of aliphatic hydroxyl groups is 1. The van der Waals surface area contributed by atoms with Gasteiger partial charge in [-0.05, 0) is 67.8 Å². The topological polar surface area (TPSA) is 37.3 Å². The summed E-state index contributed by atoms with van der Waals surface area (Å²) in [6, 6.07) is 0. The van der Waals surface area contributed by atoms with Crippen molar-refractivity contribution in [1.29, 1.82) is 0 Å². The number of rotatable bonds is 0. The zero-order chi connectivity index (χ0) is 14.6. The predicted molar refractivity (Wildman–Crippen MR) is 81.1 cm³/mol. The smallest absolute Gasteiger partial charge is 0.170 e. The van der Waals surface area contributed by atoms with E-state index in [1.807, 2.05) is 12.2 Å². The number of ketones is 1. The lowest BCUT2D eigenvalue weighted by molar-refractivity contribution is -0.118. The summed E-state index contributed by atoms with van der Waals surface area (Å²) in [5, 5.41) is 10.1. The number of hydrogen-bond acceptors (Lipinski definition) is 2. The van der Waals surface area contributed by atoms with E-state index in [9.17, 15) is 9.90 Å². The Hall–Kier alpha value is -1.33. The van der Waals surface area contributed by atoms with Crippen molar-refractivity contribution in [2.45, 2.75) is 38.2 Å². The molecule has 2 heteroatoms. The molecule has 0 radical (unpaired) electrons. The monoisotopic (exact) mass is 282 g/mol. The van der Waals surface area contributed by atoms with Gasteiger partial charge in [0.05, 0.1) is 12.0 Å². The Bertz CT molecular complexity index is 565. The van der Waals surface area contributed by atoms with Crippen LogP contribution in [0.4, 0.5) is 0 Å². The Labute approximate surface area is 126 Å². The fourth-order valence-electron chi connectivity index (χ4n) is 5.47. The minimum Gasteiger partial charge on any atom is -0.389 e. The number of fused-ring (bicyclic) bond motifs is 5. The van der Waals surface area contributed by atoms with Crippen molar-refractivity contribution in [2.75, 3.05) is 0 Å². The van der Waals surface area contributed by atoms with Gasteiger partial charge >= 0.3 is 0 Å². The SMILES string of the molecule is C#CC1C[C@H]2C(=CC1=O)CC[C@H]1[C@@H]3C=C[C@H](O)[C@H]3CC[C@@H]12. The average molecular weight is 282 g/mol. The molecular weight excluding hydrogens is 260 g/mol. The van der Waals surface area contributed by atoms with Crippen molar-refractivity contribution in [3.8, 4) is 12.3 Å². The van der Waals surface area contributed by atoms with Crippen LogP contribution in [0.2, 0.25) is 0 Å². The van der Waals surface area contributed by atoms with Crippen molar-refractivity contribution in [3.05, 3.63) is 23.8 Å². The first-order valence-electron chi connectivity index (χ1n) is 8.26. The molecule has 0 aliphatic heterocycles. The van der Waals surface area contributed by atoms with Crippen molar-refractivity contribution < 1.29 is 9.90 Å².